The Morgan fingerprint density at radius 3 is 2.29 bits per heavy atom. The number of rotatable bonds is 5. The first-order valence-corrected chi connectivity index (χ1v) is 11.0. The van der Waals surface area contributed by atoms with Crippen molar-refractivity contribution < 1.29 is 33.1 Å². The van der Waals surface area contributed by atoms with Crippen molar-refractivity contribution >= 4 is 18.1 Å². The van der Waals surface area contributed by atoms with Crippen LogP contribution in [-0.4, -0.2) is 67.1 Å². The highest BCUT2D eigenvalue weighted by atomic mass is 19.1. The zero-order chi connectivity index (χ0) is 25.7. The summed E-state index contributed by atoms with van der Waals surface area (Å²) >= 11 is 0. The minimum absolute atomic E-state index is 0.0683. The second-order valence-corrected chi connectivity index (χ2v) is 8.20. The van der Waals surface area contributed by atoms with Gasteiger partial charge in [-0.3, -0.25) is 19.7 Å². The lowest BCUT2D eigenvalue weighted by atomic mass is 9.90. The molecule has 12 heteroatoms. The van der Waals surface area contributed by atoms with Crippen LogP contribution in [0.25, 0.3) is 0 Å². The van der Waals surface area contributed by atoms with Crippen LogP contribution in [0, 0.1) is 17.0 Å². The minimum atomic E-state index is -1.16. The van der Waals surface area contributed by atoms with Gasteiger partial charge in [-0.2, -0.15) is 0 Å². The molecule has 1 aliphatic carbocycles. The second kappa shape index (κ2) is 15.3. The molecule has 192 valence electrons. The molecule has 1 aliphatic heterocycles. The first-order valence-electron chi connectivity index (χ1n) is 11.0. The van der Waals surface area contributed by atoms with Gasteiger partial charge >= 0.3 is 5.97 Å². The fraction of sp³-hybridized carbons (Fsp3) is 0.636. The maximum Gasteiger partial charge on any atom is 0.302 e. The van der Waals surface area contributed by atoms with Crippen LogP contribution < -0.4 is 17.2 Å². The molecule has 0 aromatic heterocycles. The third-order valence-corrected chi connectivity index (χ3v) is 5.21. The fourth-order valence-electron chi connectivity index (χ4n) is 3.61. The van der Waals surface area contributed by atoms with Gasteiger partial charge in [-0.15, -0.1) is 0 Å². The van der Waals surface area contributed by atoms with Crippen molar-refractivity contribution in [2.24, 2.45) is 17.2 Å². The second-order valence-electron chi connectivity index (χ2n) is 8.20. The molecular weight excluding hydrogens is 451 g/mol. The van der Waals surface area contributed by atoms with E-state index in [4.69, 9.17) is 26.7 Å². The number of ether oxygens (including phenoxy) is 3. The molecule has 1 aromatic rings. The van der Waals surface area contributed by atoms with Crippen molar-refractivity contribution in [3.8, 4) is 0 Å². The Kier molecular flexibility index (Phi) is 13.2. The molecule has 0 bridgehead atoms. The molecule has 0 amide bonds. The molecule has 1 aromatic carbocycles. The lowest BCUT2D eigenvalue weighted by Crippen LogP contribution is -2.47. The standard InChI is InChI=1S/C8H16N2O2.C7H12FNO3.C7H7NO2/c1-5(11)12-8-3-6(9)2-7(10)4-8;8-5-1-2-11-6(3-9)7(5)12-4-10;1-6-2-4-7(5-3-6)8(9)10/h6-8H,2-4,9-10H2,1H3;4-7H,1-3,9H2;2-5H,1H3. The topological polar surface area (TPSA) is 183 Å². The van der Waals surface area contributed by atoms with Gasteiger partial charge in [0.15, 0.2) is 6.10 Å². The summed E-state index contributed by atoms with van der Waals surface area (Å²) in [6.07, 6.45) is 0.0202. The highest BCUT2D eigenvalue weighted by Gasteiger charge is 2.35. The Bertz CT molecular complexity index is 758. The van der Waals surface area contributed by atoms with E-state index in [-0.39, 0.29) is 49.3 Å². The van der Waals surface area contributed by atoms with Gasteiger partial charge in [-0.25, -0.2) is 4.39 Å². The maximum atomic E-state index is 13.1. The van der Waals surface area contributed by atoms with E-state index in [0.717, 1.165) is 24.8 Å². The predicted molar refractivity (Wildman–Crippen MR) is 122 cm³/mol. The number of hydrogen-bond donors (Lipinski definition) is 3. The third kappa shape index (κ3) is 11.0. The van der Waals surface area contributed by atoms with Gasteiger partial charge in [0, 0.05) is 44.1 Å². The van der Waals surface area contributed by atoms with Crippen molar-refractivity contribution in [3.05, 3.63) is 39.9 Å². The van der Waals surface area contributed by atoms with Crippen LogP contribution >= 0.6 is 0 Å². The molecular formula is C22H35FN4O7. The number of aryl methyl sites for hydroxylation is 1. The first-order chi connectivity index (χ1) is 16.1. The van der Waals surface area contributed by atoms with Crippen molar-refractivity contribution in [2.45, 2.75) is 76.1 Å². The van der Waals surface area contributed by atoms with E-state index in [1.54, 1.807) is 12.1 Å². The molecule has 5 atom stereocenters. The van der Waals surface area contributed by atoms with E-state index in [1.807, 2.05) is 6.92 Å². The summed E-state index contributed by atoms with van der Waals surface area (Å²) < 4.78 is 27.7. The number of carbonyl (C=O) groups excluding carboxylic acids is 2. The Morgan fingerprint density at radius 1 is 1.24 bits per heavy atom. The van der Waals surface area contributed by atoms with Crippen molar-refractivity contribution in [1.82, 2.24) is 0 Å². The van der Waals surface area contributed by atoms with E-state index in [1.165, 1.54) is 19.1 Å². The number of esters is 1. The Hall–Kier alpha value is -2.67. The highest BCUT2D eigenvalue weighted by Crippen LogP contribution is 2.20. The quantitative estimate of drug-likeness (QED) is 0.237. The van der Waals surface area contributed by atoms with Crippen LogP contribution in [0.5, 0.6) is 0 Å². The van der Waals surface area contributed by atoms with Gasteiger partial charge in [0.1, 0.15) is 18.4 Å². The number of nitro groups is 1. The molecule has 2 fully saturated rings. The Balaban J connectivity index is 0.000000256. The third-order valence-electron chi connectivity index (χ3n) is 5.21. The number of nitrogens with zero attached hydrogens (tertiary/aromatic N) is 1. The number of hydrogen-bond acceptors (Lipinski definition) is 10. The summed E-state index contributed by atoms with van der Waals surface area (Å²) in [5.41, 5.74) is 17.9. The number of alkyl halides is 1. The Labute approximate surface area is 198 Å². The van der Waals surface area contributed by atoms with Gasteiger partial charge in [-0.1, -0.05) is 17.7 Å². The van der Waals surface area contributed by atoms with E-state index in [2.05, 4.69) is 4.74 Å². The van der Waals surface area contributed by atoms with Crippen molar-refractivity contribution in [3.63, 3.8) is 0 Å². The minimum Gasteiger partial charge on any atom is -0.462 e. The van der Waals surface area contributed by atoms with Crippen LogP contribution in [0.1, 0.15) is 38.2 Å². The van der Waals surface area contributed by atoms with E-state index in [9.17, 15) is 24.1 Å². The molecule has 2 aliphatic rings. The van der Waals surface area contributed by atoms with Gasteiger partial charge in [0.2, 0.25) is 0 Å². The number of nitro benzene ring substituents is 1. The smallest absolute Gasteiger partial charge is 0.302 e. The normalized spacial score (nSPS) is 28.2. The number of benzene rings is 1. The van der Waals surface area contributed by atoms with E-state index in [0.29, 0.717) is 6.61 Å². The molecule has 6 N–H and O–H groups in total. The average Bonchev–Trinajstić information content (AvgIpc) is 2.75. The van der Waals surface area contributed by atoms with Crippen molar-refractivity contribution in [1.29, 1.82) is 0 Å². The van der Waals surface area contributed by atoms with Crippen LogP contribution in [0.2, 0.25) is 0 Å². The van der Waals surface area contributed by atoms with E-state index >= 15 is 0 Å². The van der Waals surface area contributed by atoms with Crippen LogP contribution in [0.3, 0.4) is 0 Å². The predicted octanol–water partition coefficient (Wildman–Crippen LogP) is 1.27. The Morgan fingerprint density at radius 2 is 1.82 bits per heavy atom. The SMILES string of the molecule is CC(=O)OC1CC(N)CC(N)C1.Cc1ccc([N+](=O)[O-])cc1.NCC1OCCC(F)C1OC=O. The first kappa shape index (κ1) is 29.4. The largest absolute Gasteiger partial charge is 0.462 e. The number of halogens is 1. The van der Waals surface area contributed by atoms with E-state index < -0.39 is 23.3 Å². The molecule has 0 radical (unpaired) electrons. The van der Waals surface area contributed by atoms with Gasteiger partial charge in [0.05, 0.1) is 11.5 Å². The van der Waals surface area contributed by atoms with Gasteiger partial charge < -0.3 is 31.4 Å². The highest BCUT2D eigenvalue weighted by molar-refractivity contribution is 5.66. The maximum absolute atomic E-state index is 13.1. The summed E-state index contributed by atoms with van der Waals surface area (Å²) in [6.45, 7) is 4.03. The molecule has 1 saturated heterocycles. The number of carbonyl (C=O) groups is 2. The van der Waals surface area contributed by atoms with Crippen LogP contribution in [0.15, 0.2) is 24.3 Å². The molecule has 11 nitrogen and oxygen atoms in total. The lowest BCUT2D eigenvalue weighted by molar-refractivity contribution is -0.384. The monoisotopic (exact) mass is 486 g/mol. The molecule has 3 rings (SSSR count). The zero-order valence-corrected chi connectivity index (χ0v) is 19.5. The zero-order valence-electron chi connectivity index (χ0n) is 19.5. The average molecular weight is 487 g/mol. The van der Waals surface area contributed by atoms with Crippen LogP contribution in [-0.2, 0) is 23.8 Å². The summed E-state index contributed by atoms with van der Waals surface area (Å²) in [6, 6.07) is 6.59. The summed E-state index contributed by atoms with van der Waals surface area (Å²) in [5.74, 6) is -0.249. The summed E-state index contributed by atoms with van der Waals surface area (Å²) in [5, 5.41) is 10.1. The fourth-order valence-corrected chi connectivity index (χ4v) is 3.61. The number of non-ortho nitro benzene ring substituents is 1. The molecule has 1 saturated carbocycles. The molecule has 1 heterocycles. The summed E-state index contributed by atoms with van der Waals surface area (Å²) in [4.78, 5) is 30.3. The van der Waals surface area contributed by atoms with Crippen LogP contribution in [0.4, 0.5) is 10.1 Å². The van der Waals surface area contributed by atoms with Gasteiger partial charge in [0.25, 0.3) is 12.2 Å². The summed E-state index contributed by atoms with van der Waals surface area (Å²) in [7, 11) is 0. The van der Waals surface area contributed by atoms with Crippen molar-refractivity contribution in [2.75, 3.05) is 13.2 Å². The lowest BCUT2D eigenvalue weighted by Gasteiger charge is -2.31. The molecule has 0 spiro atoms. The number of nitrogens with two attached hydrogens (primary N) is 3. The molecule has 34 heavy (non-hydrogen) atoms. The molecule has 5 unspecified atom stereocenters. The van der Waals surface area contributed by atoms with Gasteiger partial charge in [-0.05, 0) is 26.2 Å².